The largest absolute Gasteiger partial charge is 0.444 e. The standard InChI is InChI=1S/C24H30F2N2O2S/c1-16-12-17(2)14-19(13-16)31-21-7-6-18(22(25)26)15-20(21)27-8-10-28(11-9-27)23(29)30-24(3,4)5/h6-7,12-15,22H,8-11H2,1-5H3. The number of carbonyl (C=O) groups is 1. The second-order valence-corrected chi connectivity index (χ2v) is 10.0. The minimum atomic E-state index is -2.53. The molecule has 0 N–H and O–H groups in total. The number of aryl methyl sites for hydroxylation is 2. The van der Waals surface area contributed by atoms with Crippen molar-refractivity contribution in [2.45, 2.75) is 56.4 Å². The average Bonchev–Trinajstić information content (AvgIpc) is 2.66. The van der Waals surface area contributed by atoms with Crippen molar-refractivity contribution in [2.24, 2.45) is 0 Å². The quantitative estimate of drug-likeness (QED) is 0.538. The number of hydrogen-bond acceptors (Lipinski definition) is 4. The third kappa shape index (κ3) is 6.35. The summed E-state index contributed by atoms with van der Waals surface area (Å²) in [6.07, 6.45) is -2.86. The highest BCUT2D eigenvalue weighted by Gasteiger charge is 2.27. The van der Waals surface area contributed by atoms with Crippen molar-refractivity contribution >= 4 is 23.5 Å². The highest BCUT2D eigenvalue weighted by Crippen LogP contribution is 2.39. The third-order valence-electron chi connectivity index (χ3n) is 4.93. The summed E-state index contributed by atoms with van der Waals surface area (Å²) in [4.78, 5) is 18.1. The number of halogens is 2. The summed E-state index contributed by atoms with van der Waals surface area (Å²) in [5.41, 5.74) is 2.58. The molecule has 1 heterocycles. The molecular formula is C24H30F2N2O2S. The van der Waals surface area contributed by atoms with Crippen LogP contribution in [0.5, 0.6) is 0 Å². The summed E-state index contributed by atoms with van der Waals surface area (Å²) >= 11 is 1.58. The fraction of sp³-hybridized carbons (Fsp3) is 0.458. The Bertz CT molecular complexity index is 915. The number of nitrogens with zero attached hydrogens (tertiary/aromatic N) is 2. The molecule has 0 radical (unpaired) electrons. The lowest BCUT2D eigenvalue weighted by Crippen LogP contribution is -2.50. The first kappa shape index (κ1) is 23.4. The molecule has 3 rings (SSSR count). The van der Waals surface area contributed by atoms with E-state index in [9.17, 15) is 13.6 Å². The third-order valence-corrected chi connectivity index (χ3v) is 5.97. The van der Waals surface area contributed by atoms with Crippen LogP contribution < -0.4 is 4.90 Å². The van der Waals surface area contributed by atoms with Crippen LogP contribution in [0.25, 0.3) is 0 Å². The lowest BCUT2D eigenvalue weighted by atomic mass is 10.1. The van der Waals surface area contributed by atoms with Crippen LogP contribution in [-0.2, 0) is 4.74 Å². The van der Waals surface area contributed by atoms with Crippen LogP contribution in [0.1, 0.15) is 43.9 Å². The van der Waals surface area contributed by atoms with Gasteiger partial charge < -0.3 is 14.5 Å². The lowest BCUT2D eigenvalue weighted by Gasteiger charge is -2.37. The van der Waals surface area contributed by atoms with Gasteiger partial charge in [-0.05, 0) is 70.0 Å². The lowest BCUT2D eigenvalue weighted by molar-refractivity contribution is 0.0240. The molecule has 1 amide bonds. The Morgan fingerprint density at radius 1 is 1.00 bits per heavy atom. The second-order valence-electron chi connectivity index (χ2n) is 8.91. The molecule has 31 heavy (non-hydrogen) atoms. The average molecular weight is 449 g/mol. The molecule has 0 unspecified atom stereocenters. The van der Waals surface area contributed by atoms with E-state index in [-0.39, 0.29) is 11.7 Å². The van der Waals surface area contributed by atoms with Gasteiger partial charge in [0.05, 0.1) is 5.69 Å². The molecule has 1 aliphatic rings. The predicted molar refractivity (Wildman–Crippen MR) is 121 cm³/mol. The molecule has 1 fully saturated rings. The Kier molecular flexibility index (Phi) is 7.14. The Balaban J connectivity index is 1.81. The van der Waals surface area contributed by atoms with Gasteiger partial charge in [0, 0.05) is 41.5 Å². The van der Waals surface area contributed by atoms with E-state index in [1.807, 2.05) is 34.6 Å². The predicted octanol–water partition coefficient (Wildman–Crippen LogP) is 6.45. The van der Waals surface area contributed by atoms with E-state index < -0.39 is 12.0 Å². The van der Waals surface area contributed by atoms with Crippen LogP contribution in [0.4, 0.5) is 19.3 Å². The normalized spacial score (nSPS) is 14.8. The minimum absolute atomic E-state index is 0.00865. The van der Waals surface area contributed by atoms with Gasteiger partial charge in [0.25, 0.3) is 6.43 Å². The second kappa shape index (κ2) is 9.47. The topological polar surface area (TPSA) is 32.8 Å². The van der Waals surface area contributed by atoms with E-state index in [0.717, 1.165) is 15.5 Å². The maximum Gasteiger partial charge on any atom is 0.410 e. The first-order valence-corrected chi connectivity index (χ1v) is 11.2. The Morgan fingerprint density at radius 2 is 1.61 bits per heavy atom. The molecule has 0 bridgehead atoms. The van der Waals surface area contributed by atoms with Crippen molar-refractivity contribution in [3.05, 3.63) is 53.1 Å². The zero-order chi connectivity index (χ0) is 22.8. The van der Waals surface area contributed by atoms with Gasteiger partial charge in [0.1, 0.15) is 5.60 Å². The number of rotatable bonds is 4. The highest BCUT2D eigenvalue weighted by atomic mass is 32.2. The number of benzene rings is 2. The summed E-state index contributed by atoms with van der Waals surface area (Å²) in [5, 5.41) is 0. The number of hydrogen-bond donors (Lipinski definition) is 0. The number of alkyl halides is 2. The van der Waals surface area contributed by atoms with Crippen LogP contribution in [0.3, 0.4) is 0 Å². The SMILES string of the molecule is Cc1cc(C)cc(Sc2ccc(C(F)F)cc2N2CCN(C(=O)OC(C)(C)C)CC2)c1. The van der Waals surface area contributed by atoms with Crippen LogP contribution in [0, 0.1) is 13.8 Å². The molecule has 0 saturated carbocycles. The summed E-state index contributed by atoms with van der Waals surface area (Å²) in [7, 11) is 0. The fourth-order valence-electron chi connectivity index (χ4n) is 3.58. The first-order chi connectivity index (χ1) is 14.5. The van der Waals surface area contributed by atoms with Crippen LogP contribution in [-0.4, -0.2) is 42.8 Å². The molecule has 1 aliphatic heterocycles. The zero-order valence-corrected chi connectivity index (χ0v) is 19.6. The van der Waals surface area contributed by atoms with Crippen LogP contribution in [0.15, 0.2) is 46.2 Å². The minimum Gasteiger partial charge on any atom is -0.444 e. The Labute approximate surface area is 187 Å². The van der Waals surface area contributed by atoms with Gasteiger partial charge in [-0.15, -0.1) is 0 Å². The molecule has 2 aromatic rings. The fourth-order valence-corrected chi connectivity index (χ4v) is 4.75. The van der Waals surface area contributed by atoms with Gasteiger partial charge in [-0.2, -0.15) is 0 Å². The molecule has 2 aromatic carbocycles. The molecular weight excluding hydrogens is 418 g/mol. The molecule has 4 nitrogen and oxygen atoms in total. The monoisotopic (exact) mass is 448 g/mol. The number of amides is 1. The molecule has 0 aliphatic carbocycles. The molecule has 168 valence electrons. The van der Waals surface area contributed by atoms with Crippen LogP contribution in [0.2, 0.25) is 0 Å². The van der Waals surface area contributed by atoms with Gasteiger partial charge in [-0.3, -0.25) is 0 Å². The van der Waals surface area contributed by atoms with Gasteiger partial charge in [-0.25, -0.2) is 13.6 Å². The van der Waals surface area contributed by atoms with Gasteiger partial charge in [0.2, 0.25) is 0 Å². The van der Waals surface area contributed by atoms with E-state index >= 15 is 0 Å². The smallest absolute Gasteiger partial charge is 0.410 e. The van der Waals surface area contributed by atoms with Gasteiger partial charge in [-0.1, -0.05) is 23.9 Å². The van der Waals surface area contributed by atoms with Gasteiger partial charge >= 0.3 is 6.09 Å². The van der Waals surface area contributed by atoms with E-state index in [1.165, 1.54) is 17.2 Å². The number of piperazine rings is 1. The van der Waals surface area contributed by atoms with Crippen molar-refractivity contribution in [1.29, 1.82) is 0 Å². The van der Waals surface area contributed by atoms with Crippen LogP contribution >= 0.6 is 11.8 Å². The zero-order valence-electron chi connectivity index (χ0n) is 18.7. The van der Waals surface area contributed by atoms with Crippen molar-refractivity contribution in [3.63, 3.8) is 0 Å². The molecule has 0 spiro atoms. The van der Waals surface area contributed by atoms with E-state index in [1.54, 1.807) is 28.8 Å². The molecule has 0 aromatic heterocycles. The molecule has 7 heteroatoms. The van der Waals surface area contributed by atoms with Crippen molar-refractivity contribution in [2.75, 3.05) is 31.1 Å². The molecule has 0 atom stereocenters. The maximum absolute atomic E-state index is 13.4. The molecule has 1 saturated heterocycles. The van der Waals surface area contributed by atoms with E-state index in [2.05, 4.69) is 23.1 Å². The summed E-state index contributed by atoms with van der Waals surface area (Å²) in [5.74, 6) is 0. The van der Waals surface area contributed by atoms with Crippen molar-refractivity contribution in [3.8, 4) is 0 Å². The number of ether oxygens (including phenoxy) is 1. The summed E-state index contributed by atoms with van der Waals surface area (Å²) in [6.45, 7) is 11.7. The highest BCUT2D eigenvalue weighted by molar-refractivity contribution is 7.99. The van der Waals surface area contributed by atoms with Crippen molar-refractivity contribution < 1.29 is 18.3 Å². The first-order valence-electron chi connectivity index (χ1n) is 10.4. The van der Waals surface area contributed by atoms with Crippen molar-refractivity contribution in [1.82, 2.24) is 4.90 Å². The Hall–Kier alpha value is -2.28. The number of anilines is 1. The van der Waals surface area contributed by atoms with E-state index in [4.69, 9.17) is 4.74 Å². The maximum atomic E-state index is 13.4. The van der Waals surface area contributed by atoms with Gasteiger partial charge in [0.15, 0.2) is 0 Å². The van der Waals surface area contributed by atoms with E-state index in [0.29, 0.717) is 26.2 Å². The Morgan fingerprint density at radius 3 is 2.16 bits per heavy atom. The summed E-state index contributed by atoms with van der Waals surface area (Å²) < 4.78 is 32.3. The summed E-state index contributed by atoms with van der Waals surface area (Å²) in [6, 6.07) is 11.2. The number of carbonyl (C=O) groups excluding carboxylic acids is 1.